The van der Waals surface area contributed by atoms with Gasteiger partial charge in [0.1, 0.15) is 0 Å². The highest BCUT2D eigenvalue weighted by atomic mass is 32.2. The fraction of sp³-hybridized carbons (Fsp3) is 0.143. The largest absolute Gasteiger partial charge is 0.350 e. The van der Waals surface area contributed by atoms with Gasteiger partial charge in [-0.2, -0.15) is 5.10 Å². The maximum atomic E-state index is 12.2. The van der Waals surface area contributed by atoms with Crippen molar-refractivity contribution in [3.8, 4) is 0 Å². The molecule has 0 aliphatic heterocycles. The topological polar surface area (TPSA) is 93.1 Å². The van der Waals surface area contributed by atoms with E-state index in [0.29, 0.717) is 24.3 Å². The molecule has 29 heavy (non-hydrogen) atoms. The fourth-order valence-corrected chi connectivity index (χ4v) is 3.46. The third kappa shape index (κ3) is 6.32. The van der Waals surface area contributed by atoms with Crippen LogP contribution in [0.2, 0.25) is 0 Å². The van der Waals surface area contributed by atoms with Gasteiger partial charge in [0, 0.05) is 24.0 Å². The first-order chi connectivity index (χ1) is 13.9. The van der Waals surface area contributed by atoms with Crippen LogP contribution in [-0.2, 0) is 16.6 Å². The smallest absolute Gasteiger partial charge is 0.255 e. The summed E-state index contributed by atoms with van der Waals surface area (Å²) in [5.74, 6) is -0.229. The number of hydrogen-bond donors (Lipinski definition) is 2. The zero-order valence-electron chi connectivity index (χ0n) is 15.9. The van der Waals surface area contributed by atoms with Gasteiger partial charge in [-0.15, -0.1) is 0 Å². The van der Waals surface area contributed by atoms with Crippen LogP contribution in [0.4, 0.5) is 5.69 Å². The highest BCUT2D eigenvalue weighted by Gasteiger charge is 2.08. The minimum Gasteiger partial charge on any atom is -0.350 e. The van der Waals surface area contributed by atoms with Crippen molar-refractivity contribution in [3.63, 3.8) is 0 Å². The van der Waals surface area contributed by atoms with Crippen LogP contribution in [0.15, 0.2) is 72.4 Å². The predicted octanol–water partition coefficient (Wildman–Crippen LogP) is 3.03. The third-order valence-electron chi connectivity index (χ3n) is 4.04. The maximum Gasteiger partial charge on any atom is 0.255 e. The number of nitrogens with zero attached hydrogens (tertiary/aromatic N) is 2. The molecule has 0 aliphatic carbocycles. The molecule has 8 heteroatoms. The van der Waals surface area contributed by atoms with E-state index in [1.165, 1.54) is 6.08 Å². The molecule has 150 valence electrons. The number of aromatic nitrogens is 2. The van der Waals surface area contributed by atoms with E-state index in [4.69, 9.17) is 0 Å². The van der Waals surface area contributed by atoms with Crippen LogP contribution >= 0.6 is 0 Å². The van der Waals surface area contributed by atoms with Gasteiger partial charge in [-0.05, 0) is 48.4 Å². The molecule has 1 heterocycles. The molecule has 0 saturated carbocycles. The standard InChI is InChI=1S/C21H22N4O3S/c1-17-15-23-25(16-17)13-12-22-21(26)19-7-9-20(10-8-19)24-29(27,28)14-11-18-5-3-2-4-6-18/h2-11,14-16,24H,12-13H2,1H3,(H,22,26)/b14-11+. The zero-order chi connectivity index (χ0) is 20.7. The molecule has 3 aromatic rings. The van der Waals surface area contributed by atoms with E-state index >= 15 is 0 Å². The average Bonchev–Trinajstić information content (AvgIpc) is 3.12. The molecule has 1 amide bonds. The summed E-state index contributed by atoms with van der Waals surface area (Å²) in [6, 6.07) is 15.4. The first-order valence-corrected chi connectivity index (χ1v) is 10.6. The van der Waals surface area contributed by atoms with Crippen molar-refractivity contribution in [2.75, 3.05) is 11.3 Å². The molecule has 0 atom stereocenters. The van der Waals surface area contributed by atoms with Gasteiger partial charge in [-0.1, -0.05) is 30.3 Å². The predicted molar refractivity (Wildman–Crippen MR) is 114 cm³/mol. The van der Waals surface area contributed by atoms with Gasteiger partial charge < -0.3 is 5.32 Å². The van der Waals surface area contributed by atoms with Crippen molar-refractivity contribution in [2.45, 2.75) is 13.5 Å². The summed E-state index contributed by atoms with van der Waals surface area (Å²) in [6.45, 7) is 2.97. The number of amides is 1. The van der Waals surface area contributed by atoms with E-state index in [9.17, 15) is 13.2 Å². The monoisotopic (exact) mass is 410 g/mol. The molecule has 0 fully saturated rings. The quantitative estimate of drug-likeness (QED) is 0.597. The van der Waals surface area contributed by atoms with Crippen molar-refractivity contribution in [1.29, 1.82) is 0 Å². The van der Waals surface area contributed by atoms with E-state index in [2.05, 4.69) is 15.1 Å². The number of rotatable bonds is 8. The maximum absolute atomic E-state index is 12.2. The van der Waals surface area contributed by atoms with Crippen LogP contribution < -0.4 is 10.0 Å². The normalized spacial score (nSPS) is 11.5. The zero-order valence-corrected chi connectivity index (χ0v) is 16.8. The number of anilines is 1. The second-order valence-electron chi connectivity index (χ2n) is 6.47. The van der Waals surface area contributed by atoms with Gasteiger partial charge in [0.05, 0.1) is 18.1 Å². The lowest BCUT2D eigenvalue weighted by Crippen LogP contribution is -2.27. The number of sulfonamides is 1. The number of nitrogens with one attached hydrogen (secondary N) is 2. The SMILES string of the molecule is Cc1cnn(CCNC(=O)c2ccc(NS(=O)(=O)/C=C/c3ccccc3)cc2)c1. The molecule has 0 spiro atoms. The van der Waals surface area contributed by atoms with E-state index in [-0.39, 0.29) is 5.91 Å². The minimum atomic E-state index is -3.65. The fourth-order valence-electron chi connectivity index (χ4n) is 2.60. The van der Waals surface area contributed by atoms with Crippen LogP contribution in [-0.4, -0.2) is 30.7 Å². The summed E-state index contributed by atoms with van der Waals surface area (Å²) < 4.78 is 28.6. The number of benzene rings is 2. The summed E-state index contributed by atoms with van der Waals surface area (Å²) in [5.41, 5.74) is 2.68. The Morgan fingerprint density at radius 3 is 2.48 bits per heavy atom. The van der Waals surface area contributed by atoms with Crippen molar-refractivity contribution in [2.24, 2.45) is 0 Å². The van der Waals surface area contributed by atoms with Crippen LogP contribution in [0.3, 0.4) is 0 Å². The lowest BCUT2D eigenvalue weighted by molar-refractivity contribution is 0.0952. The van der Waals surface area contributed by atoms with E-state index in [0.717, 1.165) is 16.5 Å². The first-order valence-electron chi connectivity index (χ1n) is 9.04. The summed E-state index contributed by atoms with van der Waals surface area (Å²) >= 11 is 0. The van der Waals surface area contributed by atoms with Crippen molar-refractivity contribution in [3.05, 3.63) is 89.1 Å². The van der Waals surface area contributed by atoms with E-state index in [1.54, 1.807) is 35.1 Å². The molecular formula is C21H22N4O3S. The Balaban J connectivity index is 1.53. The molecule has 7 nitrogen and oxygen atoms in total. The summed E-state index contributed by atoms with van der Waals surface area (Å²) in [7, 11) is -3.65. The molecule has 0 radical (unpaired) electrons. The number of hydrogen-bond acceptors (Lipinski definition) is 4. The Morgan fingerprint density at radius 1 is 1.10 bits per heavy atom. The molecule has 2 N–H and O–H groups in total. The second kappa shape index (κ2) is 9.20. The number of carbonyl (C=O) groups excluding carboxylic acids is 1. The van der Waals surface area contributed by atoms with Gasteiger partial charge in [0.15, 0.2) is 0 Å². The molecule has 0 saturated heterocycles. The van der Waals surface area contributed by atoms with Crippen LogP contribution in [0.1, 0.15) is 21.5 Å². The van der Waals surface area contributed by atoms with Gasteiger partial charge in [0.2, 0.25) is 0 Å². The van der Waals surface area contributed by atoms with Gasteiger partial charge in [0.25, 0.3) is 15.9 Å². The Morgan fingerprint density at radius 2 is 1.83 bits per heavy atom. The van der Waals surface area contributed by atoms with Crippen molar-refractivity contribution >= 4 is 27.7 Å². The van der Waals surface area contributed by atoms with Gasteiger partial charge in [-0.3, -0.25) is 14.2 Å². The summed E-state index contributed by atoms with van der Waals surface area (Å²) in [5, 5.41) is 8.08. The van der Waals surface area contributed by atoms with Crippen LogP contribution in [0.25, 0.3) is 6.08 Å². The summed E-state index contributed by atoms with van der Waals surface area (Å²) in [6.07, 6.45) is 5.18. The third-order valence-corrected chi connectivity index (χ3v) is 5.05. The number of aryl methyl sites for hydroxylation is 1. The van der Waals surface area contributed by atoms with E-state index < -0.39 is 10.0 Å². The second-order valence-corrected chi connectivity index (χ2v) is 8.04. The molecule has 0 bridgehead atoms. The Kier molecular flexibility index (Phi) is 6.46. The van der Waals surface area contributed by atoms with E-state index in [1.807, 2.05) is 43.5 Å². The Bertz CT molecular complexity index is 1090. The Hall–Kier alpha value is -3.39. The Labute approximate surface area is 170 Å². The highest BCUT2D eigenvalue weighted by Crippen LogP contribution is 2.13. The lowest BCUT2D eigenvalue weighted by Gasteiger charge is -2.08. The average molecular weight is 410 g/mol. The summed E-state index contributed by atoms with van der Waals surface area (Å²) in [4.78, 5) is 12.2. The molecule has 3 rings (SSSR count). The van der Waals surface area contributed by atoms with Crippen molar-refractivity contribution in [1.82, 2.24) is 15.1 Å². The van der Waals surface area contributed by atoms with Crippen LogP contribution in [0, 0.1) is 6.92 Å². The van der Waals surface area contributed by atoms with Crippen molar-refractivity contribution < 1.29 is 13.2 Å². The van der Waals surface area contributed by atoms with Crippen LogP contribution in [0.5, 0.6) is 0 Å². The highest BCUT2D eigenvalue weighted by molar-refractivity contribution is 7.95. The van der Waals surface area contributed by atoms with Gasteiger partial charge >= 0.3 is 0 Å². The molecule has 1 aromatic heterocycles. The number of carbonyl (C=O) groups is 1. The molecular weight excluding hydrogens is 388 g/mol. The molecule has 0 unspecified atom stereocenters. The molecule has 2 aromatic carbocycles. The first kappa shape index (κ1) is 20.3. The minimum absolute atomic E-state index is 0.229. The van der Waals surface area contributed by atoms with Gasteiger partial charge in [-0.25, -0.2) is 8.42 Å². The lowest BCUT2D eigenvalue weighted by atomic mass is 10.2. The molecule has 0 aliphatic rings.